The Labute approximate surface area is 166 Å². The fourth-order valence-corrected chi connectivity index (χ4v) is 2.20. The van der Waals surface area contributed by atoms with E-state index in [1.807, 2.05) is 0 Å². The molecule has 6 nitrogen and oxygen atoms in total. The summed E-state index contributed by atoms with van der Waals surface area (Å²) in [6.07, 6.45) is -0.841. The van der Waals surface area contributed by atoms with E-state index in [2.05, 4.69) is 14.5 Å². The highest BCUT2D eigenvalue weighted by molar-refractivity contribution is 6.28. The van der Waals surface area contributed by atoms with E-state index in [4.69, 9.17) is 5.73 Å². The largest absolute Gasteiger partial charge is 0.516 e. The van der Waals surface area contributed by atoms with Gasteiger partial charge in [0.15, 0.2) is 23.3 Å². The number of hydrogen-bond donors (Lipinski definition) is 1. The van der Waals surface area contributed by atoms with Gasteiger partial charge in [-0.2, -0.15) is 0 Å². The summed E-state index contributed by atoms with van der Waals surface area (Å²) in [7, 11) is 0. The molecule has 0 saturated carbocycles. The Morgan fingerprint density at radius 2 is 1.63 bits per heavy atom. The van der Waals surface area contributed by atoms with Crippen LogP contribution in [0, 0.1) is 29.1 Å². The lowest BCUT2D eigenvalue weighted by molar-refractivity contribution is -0.134. The second-order valence-corrected chi connectivity index (χ2v) is 5.46. The zero-order chi connectivity index (χ0) is 22.4. The zero-order valence-corrected chi connectivity index (χ0v) is 15.2. The first-order valence-corrected chi connectivity index (χ1v) is 8.17. The summed E-state index contributed by atoms with van der Waals surface area (Å²) in [5.74, 6) is -8.25. The number of ether oxygens (including phenoxy) is 2. The number of nitrogens with two attached hydrogens (primary N) is 1. The van der Waals surface area contributed by atoms with Gasteiger partial charge in [0.25, 0.3) is 0 Å². The van der Waals surface area contributed by atoms with Crippen LogP contribution in [0.4, 0.5) is 32.4 Å². The molecule has 2 N–H and O–H groups in total. The molecular formula is C19H13F5N2O4. The highest BCUT2D eigenvalue weighted by atomic mass is 19.2. The molecule has 0 spiro atoms. The van der Waals surface area contributed by atoms with Crippen molar-refractivity contribution in [3.8, 4) is 0 Å². The summed E-state index contributed by atoms with van der Waals surface area (Å²) in [5, 5.41) is 0. The summed E-state index contributed by atoms with van der Waals surface area (Å²) < 4.78 is 77.1. The number of hydrogen-bond acceptors (Lipinski definition) is 6. The van der Waals surface area contributed by atoms with Crippen LogP contribution in [0.1, 0.15) is 12.5 Å². The van der Waals surface area contributed by atoms with Crippen LogP contribution in [0.25, 0.3) is 0 Å². The number of carbonyl (C=O) groups excluding carboxylic acids is 2. The predicted molar refractivity (Wildman–Crippen MR) is 94.3 cm³/mol. The number of aliphatic imine (C=N–C) groups is 1. The van der Waals surface area contributed by atoms with Crippen LogP contribution in [0.15, 0.2) is 47.1 Å². The molecular weight excluding hydrogens is 415 g/mol. The molecule has 0 aromatic heterocycles. The van der Waals surface area contributed by atoms with E-state index in [1.54, 1.807) is 0 Å². The van der Waals surface area contributed by atoms with Crippen LogP contribution in [-0.2, 0) is 14.3 Å². The number of carbonyl (C=O) groups is 2. The minimum absolute atomic E-state index is 0.135. The lowest BCUT2D eigenvalue weighted by Gasteiger charge is -2.11. The number of esters is 1. The molecule has 0 aliphatic heterocycles. The second-order valence-electron chi connectivity index (χ2n) is 5.46. The molecule has 0 bridgehead atoms. The van der Waals surface area contributed by atoms with Gasteiger partial charge < -0.3 is 15.2 Å². The van der Waals surface area contributed by atoms with Crippen molar-refractivity contribution in [1.29, 1.82) is 0 Å². The number of halogens is 5. The van der Waals surface area contributed by atoms with E-state index in [9.17, 15) is 31.5 Å². The fourth-order valence-electron chi connectivity index (χ4n) is 2.20. The van der Waals surface area contributed by atoms with Crippen molar-refractivity contribution in [2.75, 3.05) is 6.61 Å². The fraction of sp³-hybridized carbons (Fsp3) is 0.105. The maximum absolute atomic E-state index is 14.0. The average molecular weight is 428 g/mol. The highest BCUT2D eigenvalue weighted by Crippen LogP contribution is 2.26. The van der Waals surface area contributed by atoms with Gasteiger partial charge >= 0.3 is 12.1 Å². The molecule has 0 heterocycles. The number of rotatable bonds is 5. The van der Waals surface area contributed by atoms with Gasteiger partial charge in [0.2, 0.25) is 0 Å². The first-order chi connectivity index (χ1) is 14.2. The van der Waals surface area contributed by atoms with Gasteiger partial charge in [-0.3, -0.25) is 0 Å². The lowest BCUT2D eigenvalue weighted by atomic mass is 10.0. The Kier molecular flexibility index (Phi) is 7.23. The third-order valence-corrected chi connectivity index (χ3v) is 3.48. The molecule has 11 heteroatoms. The molecule has 0 aliphatic carbocycles. The second kappa shape index (κ2) is 9.63. The monoisotopic (exact) mass is 428 g/mol. The van der Waals surface area contributed by atoms with Crippen molar-refractivity contribution in [1.82, 2.24) is 0 Å². The van der Waals surface area contributed by atoms with Crippen molar-refractivity contribution in [3.63, 3.8) is 0 Å². The van der Waals surface area contributed by atoms with E-state index in [0.717, 1.165) is 6.07 Å². The summed E-state index contributed by atoms with van der Waals surface area (Å²) in [5.41, 5.74) is 2.54. The molecule has 0 amide bonds. The topological polar surface area (TPSA) is 91.0 Å². The van der Waals surface area contributed by atoms with Gasteiger partial charge in [-0.1, -0.05) is 0 Å². The van der Waals surface area contributed by atoms with Crippen LogP contribution in [-0.4, -0.2) is 24.4 Å². The molecule has 0 fully saturated rings. The highest BCUT2D eigenvalue weighted by Gasteiger charge is 2.25. The molecule has 0 radical (unpaired) electrons. The minimum atomic E-state index is -1.46. The van der Waals surface area contributed by atoms with Crippen LogP contribution >= 0.6 is 0 Å². The third kappa shape index (κ3) is 5.19. The lowest BCUT2D eigenvalue weighted by Crippen LogP contribution is -2.22. The van der Waals surface area contributed by atoms with Gasteiger partial charge in [0.05, 0.1) is 12.3 Å². The maximum atomic E-state index is 14.0. The summed E-state index contributed by atoms with van der Waals surface area (Å²) in [4.78, 5) is 27.3. The van der Waals surface area contributed by atoms with E-state index in [1.165, 1.54) is 6.92 Å². The Morgan fingerprint density at radius 1 is 1.00 bits per heavy atom. The van der Waals surface area contributed by atoms with Gasteiger partial charge in [0, 0.05) is 23.9 Å². The molecule has 2 aromatic carbocycles. The molecule has 0 unspecified atom stereocenters. The Bertz CT molecular complexity index is 1030. The predicted octanol–water partition coefficient (Wildman–Crippen LogP) is 4.05. The van der Waals surface area contributed by atoms with E-state index in [0.29, 0.717) is 30.5 Å². The molecule has 30 heavy (non-hydrogen) atoms. The van der Waals surface area contributed by atoms with E-state index >= 15 is 0 Å². The molecule has 0 saturated heterocycles. The smallest absolute Gasteiger partial charge is 0.434 e. The number of nitrogens with zero attached hydrogens (tertiary/aromatic N) is 1. The summed E-state index contributed by atoms with van der Waals surface area (Å²) >= 11 is 0. The molecule has 0 aliphatic rings. The quantitative estimate of drug-likeness (QED) is 0.255. The van der Waals surface area contributed by atoms with Crippen LogP contribution in [0.3, 0.4) is 0 Å². The molecule has 2 aromatic rings. The minimum Gasteiger partial charge on any atom is -0.434 e. The number of benzene rings is 2. The summed E-state index contributed by atoms with van der Waals surface area (Å²) in [6.45, 7) is 1.30. The first kappa shape index (κ1) is 22.5. The molecule has 2 rings (SSSR count). The maximum Gasteiger partial charge on any atom is 0.516 e. The van der Waals surface area contributed by atoms with Crippen molar-refractivity contribution < 1.29 is 41.0 Å². The molecule has 0 atom stereocenters. The first-order valence-electron chi connectivity index (χ1n) is 8.17. The molecule has 158 valence electrons. The van der Waals surface area contributed by atoms with Crippen LogP contribution in [0.5, 0.6) is 0 Å². The normalized spacial score (nSPS) is 11.9. The van der Waals surface area contributed by atoms with Gasteiger partial charge in [-0.05, 0) is 25.1 Å². The Balaban J connectivity index is 2.66. The average Bonchev–Trinajstić information content (AvgIpc) is 2.66. The Morgan fingerprint density at radius 3 is 2.17 bits per heavy atom. The van der Waals surface area contributed by atoms with Gasteiger partial charge in [-0.15, -0.1) is 0 Å². The van der Waals surface area contributed by atoms with Crippen molar-refractivity contribution in [2.45, 2.75) is 6.92 Å². The van der Waals surface area contributed by atoms with Gasteiger partial charge in [0.1, 0.15) is 17.1 Å². The summed E-state index contributed by atoms with van der Waals surface area (Å²) in [6, 6.07) is 2.77. The zero-order valence-electron chi connectivity index (χ0n) is 15.2. The standard InChI is InChI=1S/C19H13F5N2O4/c1-2-29-19(28)30-18(27)11(8-25)16(9-3-4-12(21)13(22)5-9)26-17-14(23)6-10(20)7-15(17)24/h3-8H,2,25H2,1H3. The van der Waals surface area contributed by atoms with Crippen LogP contribution in [0.2, 0.25) is 0 Å². The third-order valence-electron chi connectivity index (χ3n) is 3.48. The van der Waals surface area contributed by atoms with E-state index < -0.39 is 58.2 Å². The van der Waals surface area contributed by atoms with Gasteiger partial charge in [-0.25, -0.2) is 36.5 Å². The SMILES string of the molecule is CCOC(=O)OC(=O)C(=CN)C(=Nc1c(F)cc(F)cc1F)c1ccc(F)c(F)c1. The van der Waals surface area contributed by atoms with Crippen molar-refractivity contribution in [3.05, 3.63) is 76.8 Å². The Hall–Kier alpha value is -3.76. The van der Waals surface area contributed by atoms with Crippen molar-refractivity contribution >= 4 is 23.5 Å². The van der Waals surface area contributed by atoms with Crippen molar-refractivity contribution in [2.24, 2.45) is 10.7 Å². The van der Waals surface area contributed by atoms with E-state index in [-0.39, 0.29) is 12.2 Å². The van der Waals surface area contributed by atoms with Crippen LogP contribution < -0.4 is 5.73 Å².